The largest absolute Gasteiger partial charge is 0.370 e. The Labute approximate surface area is 226 Å². The monoisotopic (exact) mass is 508 g/mol. The maximum atomic E-state index is 5.12. The van der Waals surface area contributed by atoms with Crippen LogP contribution in [0, 0.1) is 11.8 Å². The van der Waals surface area contributed by atoms with Crippen LogP contribution in [-0.4, -0.2) is 38.2 Å². The van der Waals surface area contributed by atoms with Gasteiger partial charge >= 0.3 is 0 Å². The number of nitrogens with zero attached hydrogens (tertiary/aromatic N) is 4. The standard InChI is InChI=1S/C32H40N6/c1-7-21(5)17-25(22(6)8-2)24-18-26-29(36-37-31(26)33-19-24)32-34-27-12-9-13-28(30(27)35-32)38-15-10-11-23(14-16-38)20(3)4/h8-9,12-13,17-20,23H,5,7,10-11,14-16H2,1-4,6H3,(H,34,35)(H,33,36,37). The molecule has 1 aliphatic heterocycles. The highest BCUT2D eigenvalue weighted by atomic mass is 15.2. The highest BCUT2D eigenvalue weighted by Crippen LogP contribution is 2.34. The molecule has 0 spiro atoms. The van der Waals surface area contributed by atoms with Crippen molar-refractivity contribution >= 4 is 33.3 Å². The van der Waals surface area contributed by atoms with Crippen LogP contribution >= 0.6 is 0 Å². The quantitative estimate of drug-likeness (QED) is 0.247. The fourth-order valence-electron chi connectivity index (χ4n) is 5.53. The molecule has 0 bridgehead atoms. The molecule has 6 nitrogen and oxygen atoms in total. The number of hydrogen-bond acceptors (Lipinski definition) is 4. The third kappa shape index (κ3) is 5.04. The van der Waals surface area contributed by atoms with Crippen LogP contribution < -0.4 is 4.90 Å². The van der Waals surface area contributed by atoms with E-state index in [4.69, 9.17) is 4.98 Å². The highest BCUT2D eigenvalue weighted by Gasteiger charge is 2.22. The number of allylic oxidation sites excluding steroid dienone is 5. The van der Waals surface area contributed by atoms with Crippen molar-refractivity contribution in [2.24, 2.45) is 11.8 Å². The molecule has 6 heteroatoms. The fourth-order valence-corrected chi connectivity index (χ4v) is 5.53. The van der Waals surface area contributed by atoms with Crippen LogP contribution in [-0.2, 0) is 0 Å². The molecule has 1 unspecified atom stereocenters. The summed E-state index contributed by atoms with van der Waals surface area (Å²) in [4.78, 5) is 15.9. The molecule has 1 atom stereocenters. The molecule has 38 heavy (non-hydrogen) atoms. The minimum atomic E-state index is 0.684. The molecule has 4 aromatic rings. The maximum absolute atomic E-state index is 5.12. The summed E-state index contributed by atoms with van der Waals surface area (Å²) in [6.45, 7) is 17.4. The molecule has 1 saturated heterocycles. The molecule has 2 N–H and O–H groups in total. The molecule has 0 saturated carbocycles. The van der Waals surface area contributed by atoms with E-state index in [1.165, 1.54) is 30.5 Å². The lowest BCUT2D eigenvalue weighted by atomic mass is 9.89. The average Bonchev–Trinajstić information content (AvgIpc) is 3.46. The van der Waals surface area contributed by atoms with E-state index < -0.39 is 0 Å². The number of fused-ring (bicyclic) bond motifs is 2. The van der Waals surface area contributed by atoms with Gasteiger partial charge in [0.05, 0.1) is 16.6 Å². The SMILES string of the molecule is C=C(C=C(C(C)=CC)c1cnc2n[nH]c(-c3nc4c(N5CCCC(C(C)C)CC5)cccc4[nH]3)c2c1)CC. The minimum Gasteiger partial charge on any atom is -0.370 e. The summed E-state index contributed by atoms with van der Waals surface area (Å²) in [5, 5.41) is 8.66. The smallest absolute Gasteiger partial charge is 0.181 e. The van der Waals surface area contributed by atoms with Gasteiger partial charge in [0, 0.05) is 24.8 Å². The molecule has 198 valence electrons. The maximum Gasteiger partial charge on any atom is 0.181 e. The zero-order valence-electron chi connectivity index (χ0n) is 23.4. The van der Waals surface area contributed by atoms with Gasteiger partial charge in [0.1, 0.15) is 11.2 Å². The van der Waals surface area contributed by atoms with E-state index in [0.717, 1.165) is 76.0 Å². The molecule has 1 aromatic carbocycles. The lowest BCUT2D eigenvalue weighted by Crippen LogP contribution is -2.24. The number of H-pyrrole nitrogens is 2. The predicted octanol–water partition coefficient (Wildman–Crippen LogP) is 8.08. The number of anilines is 1. The molecular weight excluding hydrogens is 468 g/mol. The zero-order chi connectivity index (χ0) is 26.8. The molecule has 0 radical (unpaired) electrons. The first-order valence-corrected chi connectivity index (χ1v) is 14.0. The van der Waals surface area contributed by atoms with Crippen molar-refractivity contribution in [1.82, 2.24) is 25.1 Å². The van der Waals surface area contributed by atoms with E-state index in [2.05, 4.69) is 103 Å². The van der Waals surface area contributed by atoms with Crippen LogP contribution in [0.25, 0.3) is 39.2 Å². The molecule has 1 fully saturated rings. The lowest BCUT2D eigenvalue weighted by molar-refractivity contribution is 0.351. The number of para-hydroxylation sites is 1. The number of nitrogens with one attached hydrogen (secondary N) is 2. The van der Waals surface area contributed by atoms with Crippen molar-refractivity contribution in [2.45, 2.75) is 60.3 Å². The van der Waals surface area contributed by atoms with Crippen LogP contribution in [0.4, 0.5) is 5.69 Å². The number of rotatable bonds is 7. The summed E-state index contributed by atoms with van der Waals surface area (Å²) in [7, 11) is 0. The second kappa shape index (κ2) is 11.0. The van der Waals surface area contributed by atoms with Crippen LogP contribution in [0.3, 0.4) is 0 Å². The zero-order valence-corrected chi connectivity index (χ0v) is 23.4. The number of aromatic nitrogens is 5. The van der Waals surface area contributed by atoms with E-state index in [-0.39, 0.29) is 0 Å². The topological polar surface area (TPSA) is 73.5 Å². The predicted molar refractivity (Wildman–Crippen MR) is 160 cm³/mol. The van der Waals surface area contributed by atoms with Gasteiger partial charge in [-0.25, -0.2) is 9.97 Å². The van der Waals surface area contributed by atoms with Crippen LogP contribution in [0.1, 0.15) is 65.9 Å². The van der Waals surface area contributed by atoms with Gasteiger partial charge in [-0.15, -0.1) is 0 Å². The van der Waals surface area contributed by atoms with Crippen molar-refractivity contribution < 1.29 is 0 Å². The summed E-state index contributed by atoms with van der Waals surface area (Å²) in [5.41, 5.74) is 9.27. The third-order valence-corrected chi connectivity index (χ3v) is 8.17. The molecule has 4 heterocycles. The molecular formula is C32H40N6. The molecule has 5 rings (SSSR count). The summed E-state index contributed by atoms with van der Waals surface area (Å²) < 4.78 is 0. The van der Waals surface area contributed by atoms with E-state index in [9.17, 15) is 0 Å². The van der Waals surface area contributed by atoms with E-state index in [1.807, 2.05) is 6.20 Å². The second-order valence-electron chi connectivity index (χ2n) is 10.9. The van der Waals surface area contributed by atoms with Crippen molar-refractivity contribution in [3.8, 4) is 11.5 Å². The number of imidazole rings is 1. The Balaban J connectivity index is 1.54. The number of aromatic amines is 2. The van der Waals surface area contributed by atoms with Crippen LogP contribution in [0.5, 0.6) is 0 Å². The van der Waals surface area contributed by atoms with Gasteiger partial charge in [-0.3, -0.25) is 5.10 Å². The van der Waals surface area contributed by atoms with Gasteiger partial charge < -0.3 is 9.88 Å². The van der Waals surface area contributed by atoms with Crippen LogP contribution in [0.2, 0.25) is 0 Å². The Hall–Kier alpha value is -3.67. The summed E-state index contributed by atoms with van der Waals surface area (Å²) in [6, 6.07) is 8.62. The van der Waals surface area contributed by atoms with Crippen LogP contribution in [0.15, 0.2) is 60.3 Å². The normalized spacial score (nSPS) is 17.5. The lowest BCUT2D eigenvalue weighted by Gasteiger charge is -2.23. The van der Waals surface area contributed by atoms with Crippen molar-refractivity contribution in [3.63, 3.8) is 0 Å². The number of hydrogen-bond donors (Lipinski definition) is 2. The Kier molecular flexibility index (Phi) is 7.50. The van der Waals surface area contributed by atoms with Gasteiger partial charge in [-0.1, -0.05) is 51.1 Å². The Morgan fingerprint density at radius 2 is 2.08 bits per heavy atom. The van der Waals surface area contributed by atoms with Crippen molar-refractivity contribution in [2.75, 3.05) is 18.0 Å². The Morgan fingerprint density at radius 3 is 2.84 bits per heavy atom. The minimum absolute atomic E-state index is 0.684. The van der Waals surface area contributed by atoms with Crippen molar-refractivity contribution in [3.05, 3.63) is 65.9 Å². The van der Waals surface area contributed by atoms with Gasteiger partial charge in [-0.05, 0) is 80.7 Å². The molecule has 0 amide bonds. The number of pyridine rings is 1. The Bertz CT molecular complexity index is 1520. The van der Waals surface area contributed by atoms with Gasteiger partial charge in [0.2, 0.25) is 0 Å². The van der Waals surface area contributed by atoms with Crippen molar-refractivity contribution in [1.29, 1.82) is 0 Å². The first-order valence-electron chi connectivity index (χ1n) is 14.0. The second-order valence-corrected chi connectivity index (χ2v) is 10.9. The Morgan fingerprint density at radius 1 is 1.24 bits per heavy atom. The highest BCUT2D eigenvalue weighted by molar-refractivity contribution is 5.96. The molecule has 0 aliphatic carbocycles. The first-order chi connectivity index (χ1) is 18.4. The van der Waals surface area contributed by atoms with E-state index in [1.54, 1.807) is 0 Å². The van der Waals surface area contributed by atoms with Gasteiger partial charge in [-0.2, -0.15) is 5.10 Å². The van der Waals surface area contributed by atoms with Gasteiger partial charge in [0.25, 0.3) is 0 Å². The summed E-state index contributed by atoms with van der Waals surface area (Å²) in [6.07, 6.45) is 10.9. The van der Waals surface area contributed by atoms with E-state index in [0.29, 0.717) is 5.65 Å². The third-order valence-electron chi connectivity index (χ3n) is 8.17. The summed E-state index contributed by atoms with van der Waals surface area (Å²) >= 11 is 0. The van der Waals surface area contributed by atoms with E-state index >= 15 is 0 Å². The molecule has 3 aromatic heterocycles. The molecule has 1 aliphatic rings. The summed E-state index contributed by atoms with van der Waals surface area (Å²) in [5.74, 6) is 2.32. The van der Waals surface area contributed by atoms with Gasteiger partial charge in [0.15, 0.2) is 11.5 Å². The first kappa shape index (κ1) is 26.0. The number of benzene rings is 1. The fraction of sp³-hybridized carbons (Fsp3) is 0.406. The average molecular weight is 509 g/mol.